The van der Waals surface area contributed by atoms with Crippen LogP contribution in [0.4, 0.5) is 0 Å². The summed E-state index contributed by atoms with van der Waals surface area (Å²) >= 11 is 5.01. The van der Waals surface area contributed by atoms with Crippen molar-refractivity contribution in [3.63, 3.8) is 0 Å². The van der Waals surface area contributed by atoms with Gasteiger partial charge >= 0.3 is 0 Å². The molecular formula is C9H19N3OS. The number of carbonyl (C=O) groups is 1. The topological polar surface area (TPSA) is 67.2 Å². The van der Waals surface area contributed by atoms with Gasteiger partial charge in [-0.15, -0.1) is 0 Å². The van der Waals surface area contributed by atoms with Crippen molar-refractivity contribution in [2.24, 2.45) is 11.7 Å². The van der Waals surface area contributed by atoms with Gasteiger partial charge in [0, 0.05) is 19.5 Å². The Morgan fingerprint density at radius 3 is 2.57 bits per heavy atom. The van der Waals surface area contributed by atoms with Gasteiger partial charge in [-0.1, -0.05) is 13.8 Å². The predicted molar refractivity (Wildman–Crippen MR) is 61.9 cm³/mol. The molecular weight excluding hydrogens is 198 g/mol. The molecule has 82 valence electrons. The van der Waals surface area contributed by atoms with Gasteiger partial charge in [-0.3, -0.25) is 4.79 Å². The molecule has 0 aromatic carbocycles. The third kappa shape index (κ3) is 9.25. The molecule has 0 aliphatic heterocycles. The molecule has 0 bridgehead atoms. The summed E-state index contributed by atoms with van der Waals surface area (Å²) in [6.07, 6.45) is 1.12. The molecule has 4 nitrogen and oxygen atoms in total. The highest BCUT2D eigenvalue weighted by atomic mass is 32.1. The van der Waals surface area contributed by atoms with E-state index in [0.29, 0.717) is 24.0 Å². The Bertz CT molecular complexity index is 194. The van der Waals surface area contributed by atoms with Crippen molar-refractivity contribution >= 4 is 23.2 Å². The lowest BCUT2D eigenvalue weighted by molar-refractivity contribution is -0.118. The van der Waals surface area contributed by atoms with E-state index in [4.69, 9.17) is 18.0 Å². The van der Waals surface area contributed by atoms with Crippen molar-refractivity contribution in [2.45, 2.75) is 26.7 Å². The Hall–Kier alpha value is -0.840. The zero-order valence-corrected chi connectivity index (χ0v) is 9.62. The summed E-state index contributed by atoms with van der Waals surface area (Å²) in [5, 5.41) is 6.72. The van der Waals surface area contributed by atoms with E-state index >= 15 is 0 Å². The van der Waals surface area contributed by atoms with Crippen LogP contribution in [0.25, 0.3) is 0 Å². The van der Waals surface area contributed by atoms with Crippen LogP contribution < -0.4 is 16.4 Å². The van der Waals surface area contributed by atoms with E-state index in [1.165, 1.54) is 0 Å². The molecule has 0 aliphatic carbocycles. The molecule has 0 fully saturated rings. The molecule has 5 heteroatoms. The first kappa shape index (κ1) is 13.2. The highest BCUT2D eigenvalue weighted by Gasteiger charge is 1.98. The van der Waals surface area contributed by atoms with Crippen molar-refractivity contribution in [2.75, 3.05) is 13.1 Å². The molecule has 0 heterocycles. The van der Waals surface area contributed by atoms with Crippen LogP contribution in [-0.2, 0) is 4.79 Å². The number of hydrogen-bond acceptors (Lipinski definition) is 2. The zero-order valence-electron chi connectivity index (χ0n) is 8.80. The van der Waals surface area contributed by atoms with Crippen LogP contribution in [-0.4, -0.2) is 24.1 Å². The van der Waals surface area contributed by atoms with E-state index < -0.39 is 0 Å². The van der Waals surface area contributed by atoms with Crippen LogP contribution in [0.15, 0.2) is 0 Å². The maximum Gasteiger partial charge on any atom is 0.217 e. The maximum atomic E-state index is 10.4. The fraction of sp³-hybridized carbons (Fsp3) is 0.778. The molecule has 1 amide bonds. The number of carbonyl (C=O) groups excluding carboxylic acids is 1. The van der Waals surface area contributed by atoms with Crippen LogP contribution in [0, 0.1) is 5.92 Å². The van der Waals surface area contributed by atoms with Crippen LogP contribution in [0.2, 0.25) is 0 Å². The van der Waals surface area contributed by atoms with Crippen LogP contribution in [0.5, 0.6) is 0 Å². The molecule has 4 N–H and O–H groups in total. The molecule has 14 heavy (non-hydrogen) atoms. The minimum atomic E-state index is -0.271. The second-order valence-electron chi connectivity index (χ2n) is 3.60. The van der Waals surface area contributed by atoms with E-state index in [-0.39, 0.29) is 5.91 Å². The number of hydrogen-bond donors (Lipinski definition) is 3. The summed E-state index contributed by atoms with van der Waals surface area (Å²) in [6.45, 7) is 5.78. The third-order valence-electron chi connectivity index (χ3n) is 1.56. The van der Waals surface area contributed by atoms with Crippen molar-refractivity contribution in [1.29, 1.82) is 0 Å². The third-order valence-corrected chi connectivity index (χ3v) is 1.85. The summed E-state index contributed by atoms with van der Waals surface area (Å²) in [5.41, 5.74) is 4.99. The van der Waals surface area contributed by atoms with Gasteiger partial charge < -0.3 is 16.4 Å². The average molecular weight is 217 g/mol. The Kier molecular flexibility index (Phi) is 7.10. The van der Waals surface area contributed by atoms with Crippen LogP contribution >= 0.6 is 12.2 Å². The molecule has 0 unspecified atom stereocenters. The standard InChI is InChI=1S/C9H19N3OS/c1-7(2)6-12-9(14)11-5-3-4-8(10)13/h7H,3-6H2,1-2H3,(H2,10,13)(H2,11,12,14). The molecule has 0 aromatic rings. The van der Waals surface area contributed by atoms with E-state index in [0.717, 1.165) is 13.0 Å². The van der Waals surface area contributed by atoms with Crippen molar-refractivity contribution in [3.8, 4) is 0 Å². The van der Waals surface area contributed by atoms with Gasteiger partial charge in [0.15, 0.2) is 5.11 Å². The summed E-state index contributed by atoms with van der Waals surface area (Å²) in [6, 6.07) is 0. The quantitative estimate of drug-likeness (QED) is 0.444. The van der Waals surface area contributed by atoms with Gasteiger partial charge in [0.1, 0.15) is 0 Å². The molecule has 0 rings (SSSR count). The highest BCUT2D eigenvalue weighted by molar-refractivity contribution is 7.80. The van der Waals surface area contributed by atoms with E-state index in [1.54, 1.807) is 0 Å². The van der Waals surface area contributed by atoms with Gasteiger partial charge in [0.05, 0.1) is 0 Å². The smallest absolute Gasteiger partial charge is 0.217 e. The number of nitrogens with two attached hydrogens (primary N) is 1. The van der Waals surface area contributed by atoms with E-state index in [1.807, 2.05) is 0 Å². The number of rotatable bonds is 6. The Labute approximate surface area is 90.6 Å². The monoisotopic (exact) mass is 217 g/mol. The van der Waals surface area contributed by atoms with Crippen molar-refractivity contribution in [3.05, 3.63) is 0 Å². The van der Waals surface area contributed by atoms with Crippen molar-refractivity contribution < 1.29 is 4.79 Å². The summed E-state index contributed by atoms with van der Waals surface area (Å²) in [7, 11) is 0. The highest BCUT2D eigenvalue weighted by Crippen LogP contribution is 1.87. The number of nitrogens with one attached hydrogen (secondary N) is 2. The summed E-state index contributed by atoms with van der Waals surface area (Å²) in [5.74, 6) is 0.299. The molecule has 0 aromatic heterocycles. The van der Waals surface area contributed by atoms with E-state index in [9.17, 15) is 4.79 Å². The normalized spacial score (nSPS) is 9.93. The second kappa shape index (κ2) is 7.55. The maximum absolute atomic E-state index is 10.4. The minimum Gasteiger partial charge on any atom is -0.370 e. The Morgan fingerprint density at radius 2 is 2.07 bits per heavy atom. The first-order valence-electron chi connectivity index (χ1n) is 4.82. The lowest BCUT2D eigenvalue weighted by atomic mass is 10.2. The van der Waals surface area contributed by atoms with Crippen molar-refractivity contribution in [1.82, 2.24) is 10.6 Å². The zero-order chi connectivity index (χ0) is 11.0. The molecule has 0 saturated carbocycles. The Morgan fingerprint density at radius 1 is 1.43 bits per heavy atom. The predicted octanol–water partition coefficient (Wildman–Crippen LogP) is 0.372. The van der Waals surface area contributed by atoms with Gasteiger partial charge in [-0.2, -0.15) is 0 Å². The minimum absolute atomic E-state index is 0.271. The van der Waals surface area contributed by atoms with Gasteiger partial charge in [-0.25, -0.2) is 0 Å². The Balaban J connectivity index is 3.31. The number of amides is 1. The molecule has 0 spiro atoms. The van der Waals surface area contributed by atoms with Crippen LogP contribution in [0.3, 0.4) is 0 Å². The fourth-order valence-electron chi connectivity index (χ4n) is 0.824. The first-order valence-corrected chi connectivity index (χ1v) is 5.23. The molecule has 0 atom stereocenters. The summed E-state index contributed by atoms with van der Waals surface area (Å²) < 4.78 is 0. The van der Waals surface area contributed by atoms with Gasteiger partial charge in [0.25, 0.3) is 0 Å². The molecule has 0 saturated heterocycles. The average Bonchev–Trinajstić information content (AvgIpc) is 2.08. The van der Waals surface area contributed by atoms with Crippen LogP contribution in [0.1, 0.15) is 26.7 Å². The van der Waals surface area contributed by atoms with Gasteiger partial charge in [-0.05, 0) is 24.6 Å². The molecule has 0 radical (unpaired) electrons. The summed E-state index contributed by atoms with van der Waals surface area (Å²) in [4.78, 5) is 10.4. The van der Waals surface area contributed by atoms with Gasteiger partial charge in [0.2, 0.25) is 5.91 Å². The number of thiocarbonyl (C=S) groups is 1. The number of primary amides is 1. The fourth-order valence-corrected chi connectivity index (χ4v) is 1.01. The second-order valence-corrected chi connectivity index (χ2v) is 4.01. The lowest BCUT2D eigenvalue weighted by Crippen LogP contribution is -2.37. The largest absolute Gasteiger partial charge is 0.370 e. The SMILES string of the molecule is CC(C)CNC(=S)NCCCC(N)=O. The molecule has 0 aliphatic rings. The lowest BCUT2D eigenvalue weighted by Gasteiger charge is -2.11. The first-order chi connectivity index (χ1) is 6.52. The van der Waals surface area contributed by atoms with E-state index in [2.05, 4.69) is 24.5 Å².